The molecule has 2 aromatic heterocycles. The summed E-state index contributed by atoms with van der Waals surface area (Å²) in [5.41, 5.74) is 1.81. The maximum atomic E-state index is 14.0. The van der Waals surface area contributed by atoms with E-state index in [1.165, 1.54) is 46.0 Å². The van der Waals surface area contributed by atoms with Crippen LogP contribution in [0.3, 0.4) is 0 Å². The number of rotatable bonds is 5. The maximum Gasteiger partial charge on any atom is 0.243 e. The fourth-order valence-electron chi connectivity index (χ4n) is 5.13. The van der Waals surface area contributed by atoms with Crippen molar-refractivity contribution in [2.75, 3.05) is 13.1 Å². The predicted molar refractivity (Wildman–Crippen MR) is 134 cm³/mol. The van der Waals surface area contributed by atoms with Crippen LogP contribution in [0.15, 0.2) is 76.8 Å². The molecule has 1 saturated heterocycles. The van der Waals surface area contributed by atoms with Gasteiger partial charge in [0.1, 0.15) is 11.6 Å². The molecule has 0 amide bonds. The molecule has 1 fully saturated rings. The van der Waals surface area contributed by atoms with Gasteiger partial charge in [-0.2, -0.15) is 9.40 Å². The molecule has 1 atom stereocenters. The zero-order valence-electron chi connectivity index (χ0n) is 19.3. The number of carbonyl (C=O) groups excluding carboxylic acids is 1. The summed E-state index contributed by atoms with van der Waals surface area (Å²) >= 11 is 1.21. The molecule has 0 radical (unpaired) electrons. The molecule has 0 N–H and O–H groups in total. The van der Waals surface area contributed by atoms with Gasteiger partial charge in [0, 0.05) is 24.7 Å². The van der Waals surface area contributed by atoms with E-state index >= 15 is 0 Å². The van der Waals surface area contributed by atoms with E-state index in [9.17, 15) is 22.0 Å². The predicted octanol–water partition coefficient (Wildman–Crippen LogP) is 4.51. The van der Waals surface area contributed by atoms with Crippen molar-refractivity contribution >= 4 is 33.2 Å². The number of piperidine rings is 1. The third-order valence-corrected chi connectivity index (χ3v) is 9.56. The Morgan fingerprint density at radius 3 is 2.62 bits per heavy atom. The van der Waals surface area contributed by atoms with Gasteiger partial charge in [-0.3, -0.25) is 4.79 Å². The van der Waals surface area contributed by atoms with Crippen LogP contribution in [0.4, 0.5) is 8.78 Å². The van der Waals surface area contributed by atoms with Crippen molar-refractivity contribution < 1.29 is 22.0 Å². The Morgan fingerprint density at radius 2 is 1.89 bits per heavy atom. The minimum absolute atomic E-state index is 0.0999. The number of fused-ring (bicyclic) bond motifs is 2. The zero-order valence-corrected chi connectivity index (χ0v) is 21.0. The third kappa shape index (κ3) is 3.94. The number of sulfonamides is 1. The van der Waals surface area contributed by atoms with Gasteiger partial charge in [0.05, 0.1) is 27.9 Å². The summed E-state index contributed by atoms with van der Waals surface area (Å²) in [6.45, 7) is 0.0366. The van der Waals surface area contributed by atoms with Gasteiger partial charge in [-0.1, -0.05) is 11.6 Å². The van der Waals surface area contributed by atoms with Gasteiger partial charge in [-0.15, -0.1) is 11.3 Å². The summed E-state index contributed by atoms with van der Waals surface area (Å²) in [6, 6.07) is 10.8. The first kappa shape index (κ1) is 23.8. The Hall–Kier alpha value is -3.54. The Balaban J connectivity index is 1.44. The number of halogens is 2. The quantitative estimate of drug-likeness (QED) is 0.349. The first-order valence-corrected chi connectivity index (χ1v) is 13.8. The number of ketones is 1. The van der Waals surface area contributed by atoms with Crippen molar-refractivity contribution in [1.29, 1.82) is 0 Å². The average Bonchev–Trinajstić information content (AvgIpc) is 3.57. The van der Waals surface area contributed by atoms with Crippen LogP contribution in [0, 0.1) is 17.0 Å². The molecule has 1 unspecified atom stereocenters. The second-order valence-corrected chi connectivity index (χ2v) is 11.9. The summed E-state index contributed by atoms with van der Waals surface area (Å²) in [6.07, 6.45) is 5.63. The molecule has 2 aromatic carbocycles. The molecule has 1 aliphatic heterocycles. The number of benzene rings is 2. The van der Waals surface area contributed by atoms with Gasteiger partial charge in [0.2, 0.25) is 15.8 Å². The Labute approximate surface area is 215 Å². The number of aromatic nitrogens is 3. The molecular weight excluding hydrogens is 518 g/mol. The van der Waals surface area contributed by atoms with Gasteiger partial charge in [0.25, 0.3) is 0 Å². The summed E-state index contributed by atoms with van der Waals surface area (Å²) in [7, 11) is -4.05. The lowest BCUT2D eigenvalue weighted by molar-refractivity contribution is 0.0775. The molecule has 11 heteroatoms. The van der Waals surface area contributed by atoms with E-state index in [1.807, 2.05) is 6.08 Å². The van der Waals surface area contributed by atoms with Crippen molar-refractivity contribution in [3.63, 3.8) is 0 Å². The first-order valence-electron chi connectivity index (χ1n) is 11.5. The van der Waals surface area contributed by atoms with Crippen molar-refractivity contribution in [3.8, 4) is 5.69 Å². The van der Waals surface area contributed by atoms with Crippen LogP contribution < -0.4 is 0 Å². The van der Waals surface area contributed by atoms with Crippen LogP contribution in [-0.2, 0) is 16.4 Å². The van der Waals surface area contributed by atoms with E-state index in [0.29, 0.717) is 17.1 Å². The SMILES string of the molecule is O=C(c1nccs1)C12Cc3cnn(-c4ccc(F)cc4)c3C=C1CCN(S(=O)(=O)c1cccc(F)c1)C2. The molecule has 37 heavy (non-hydrogen) atoms. The van der Waals surface area contributed by atoms with Crippen LogP contribution in [0.1, 0.15) is 27.5 Å². The highest BCUT2D eigenvalue weighted by Gasteiger charge is 2.51. The topological polar surface area (TPSA) is 85.2 Å². The molecule has 0 saturated carbocycles. The summed E-state index contributed by atoms with van der Waals surface area (Å²) in [5.74, 6) is -1.26. The summed E-state index contributed by atoms with van der Waals surface area (Å²) in [4.78, 5) is 18.0. The number of nitrogens with zero attached hydrogens (tertiary/aromatic N) is 4. The summed E-state index contributed by atoms with van der Waals surface area (Å²) < 4.78 is 57.3. The van der Waals surface area contributed by atoms with E-state index in [0.717, 1.165) is 22.9 Å². The molecule has 0 spiro atoms. The van der Waals surface area contributed by atoms with Crippen molar-refractivity contribution in [2.45, 2.75) is 17.7 Å². The van der Waals surface area contributed by atoms with E-state index in [-0.39, 0.29) is 36.0 Å². The molecule has 3 heterocycles. The molecule has 7 nitrogen and oxygen atoms in total. The highest BCUT2D eigenvalue weighted by atomic mass is 32.2. The minimum Gasteiger partial charge on any atom is -0.290 e. The number of Topliss-reactive ketones (excluding diaryl/α,β-unsaturated/α-hetero) is 1. The molecule has 6 rings (SSSR count). The third-order valence-electron chi connectivity index (χ3n) is 6.95. The van der Waals surface area contributed by atoms with Crippen molar-refractivity contribution in [3.05, 3.63) is 99.8 Å². The molecule has 1 aliphatic carbocycles. The number of carbonyl (C=O) groups is 1. The number of thiazole rings is 1. The minimum atomic E-state index is -4.05. The molecular formula is C26H20F2N4O3S2. The lowest BCUT2D eigenvalue weighted by atomic mass is 9.66. The van der Waals surface area contributed by atoms with Gasteiger partial charge in [-0.25, -0.2) is 26.9 Å². The fraction of sp³-hybridized carbons (Fsp3) is 0.192. The van der Waals surface area contributed by atoms with Crippen LogP contribution in [0.25, 0.3) is 11.8 Å². The maximum absolute atomic E-state index is 14.0. The average molecular weight is 539 g/mol. The normalized spacial score (nSPS) is 19.7. The lowest BCUT2D eigenvalue weighted by Crippen LogP contribution is -2.53. The number of hydrogen-bond donors (Lipinski definition) is 0. The van der Waals surface area contributed by atoms with Crippen LogP contribution >= 0.6 is 11.3 Å². The standard InChI is InChI=1S/C26H20F2N4O3S2/c27-19-4-6-21(7-5-19)32-23-12-18-8-10-31(37(34,35)22-3-1-2-20(28)13-22)16-26(18,14-17(23)15-30-32)24(33)25-29-9-11-36-25/h1-7,9,11-13,15H,8,10,14,16H2. The Kier molecular flexibility index (Phi) is 5.66. The fourth-order valence-corrected chi connectivity index (χ4v) is 7.33. The van der Waals surface area contributed by atoms with Crippen molar-refractivity contribution in [1.82, 2.24) is 19.1 Å². The van der Waals surface area contributed by atoms with Gasteiger partial charge in [-0.05, 0) is 66.9 Å². The van der Waals surface area contributed by atoms with Crippen LogP contribution in [0.5, 0.6) is 0 Å². The monoisotopic (exact) mass is 538 g/mol. The Morgan fingerprint density at radius 1 is 1.08 bits per heavy atom. The van der Waals surface area contributed by atoms with Crippen LogP contribution in [0.2, 0.25) is 0 Å². The highest BCUT2D eigenvalue weighted by Crippen LogP contribution is 2.47. The van der Waals surface area contributed by atoms with E-state index in [4.69, 9.17) is 0 Å². The van der Waals surface area contributed by atoms with Gasteiger partial charge in [0.15, 0.2) is 5.01 Å². The molecule has 2 aliphatic rings. The van der Waals surface area contributed by atoms with E-state index in [1.54, 1.807) is 34.6 Å². The molecule has 188 valence electrons. The lowest BCUT2D eigenvalue weighted by Gasteiger charge is -2.44. The van der Waals surface area contributed by atoms with E-state index in [2.05, 4.69) is 10.1 Å². The van der Waals surface area contributed by atoms with Crippen LogP contribution in [-0.4, -0.2) is 46.4 Å². The second kappa shape index (κ2) is 8.79. The molecule has 4 aromatic rings. The molecule has 0 bridgehead atoms. The Bertz CT molecular complexity index is 1650. The number of hydrogen-bond acceptors (Lipinski definition) is 6. The second-order valence-electron chi connectivity index (χ2n) is 9.08. The zero-order chi connectivity index (χ0) is 25.8. The van der Waals surface area contributed by atoms with E-state index < -0.39 is 21.3 Å². The summed E-state index contributed by atoms with van der Waals surface area (Å²) in [5, 5.41) is 6.49. The van der Waals surface area contributed by atoms with Crippen molar-refractivity contribution in [2.24, 2.45) is 5.41 Å². The smallest absolute Gasteiger partial charge is 0.243 e. The largest absolute Gasteiger partial charge is 0.290 e. The van der Waals surface area contributed by atoms with Gasteiger partial charge >= 0.3 is 0 Å². The highest BCUT2D eigenvalue weighted by molar-refractivity contribution is 7.89. The first-order chi connectivity index (χ1) is 17.8. The van der Waals surface area contributed by atoms with Gasteiger partial charge < -0.3 is 0 Å².